The first kappa shape index (κ1) is 17.8. The maximum absolute atomic E-state index is 13.0. The van der Waals surface area contributed by atoms with Gasteiger partial charge in [0.2, 0.25) is 5.91 Å². The number of amides is 1. The van der Waals surface area contributed by atoms with E-state index < -0.39 is 35.9 Å². The summed E-state index contributed by atoms with van der Waals surface area (Å²) < 4.78 is 38.9. The van der Waals surface area contributed by atoms with Crippen molar-refractivity contribution >= 4 is 11.9 Å². The first-order valence-electron chi connectivity index (χ1n) is 7.22. The zero-order valence-corrected chi connectivity index (χ0v) is 12.2. The molecule has 2 N–H and O–H groups in total. The van der Waals surface area contributed by atoms with E-state index in [1.54, 1.807) is 13.8 Å². The zero-order valence-electron chi connectivity index (χ0n) is 12.2. The lowest BCUT2D eigenvalue weighted by Gasteiger charge is -2.32. The molecule has 0 aliphatic heterocycles. The number of carbonyl (C=O) groups excluding carboxylic acids is 1. The lowest BCUT2D eigenvalue weighted by Crippen LogP contribution is -2.48. The molecule has 3 atom stereocenters. The molecule has 1 fully saturated rings. The van der Waals surface area contributed by atoms with Crippen LogP contribution < -0.4 is 5.32 Å². The number of aliphatic carboxylic acids is 1. The number of alkyl halides is 3. The largest absolute Gasteiger partial charge is 0.480 e. The van der Waals surface area contributed by atoms with Crippen LogP contribution >= 0.6 is 0 Å². The van der Waals surface area contributed by atoms with E-state index in [1.165, 1.54) is 0 Å². The highest BCUT2D eigenvalue weighted by Gasteiger charge is 2.48. The minimum atomic E-state index is -4.42. The molecule has 7 heteroatoms. The standard InChI is InChI=1S/C14H22F3NO3/c1-8(2)7-11(13(20)21)18-12(19)9-5-3-4-6-10(9)14(15,16)17/h8-11H,3-7H2,1-2H3,(H,18,19)(H,20,21)/t9?,10?,11-/m0/s1. The minimum Gasteiger partial charge on any atom is -0.480 e. The van der Waals surface area contributed by atoms with E-state index in [9.17, 15) is 22.8 Å². The van der Waals surface area contributed by atoms with Crippen LogP contribution in [-0.4, -0.2) is 29.2 Å². The third kappa shape index (κ3) is 5.21. The summed E-state index contributed by atoms with van der Waals surface area (Å²) >= 11 is 0. The van der Waals surface area contributed by atoms with Gasteiger partial charge < -0.3 is 10.4 Å². The molecule has 0 saturated heterocycles. The van der Waals surface area contributed by atoms with Crippen molar-refractivity contribution in [3.63, 3.8) is 0 Å². The highest BCUT2D eigenvalue weighted by Crippen LogP contribution is 2.41. The van der Waals surface area contributed by atoms with Crippen molar-refractivity contribution in [2.75, 3.05) is 0 Å². The Morgan fingerprint density at radius 2 is 1.81 bits per heavy atom. The summed E-state index contributed by atoms with van der Waals surface area (Å²) in [6.07, 6.45) is -3.12. The van der Waals surface area contributed by atoms with E-state index in [-0.39, 0.29) is 25.2 Å². The van der Waals surface area contributed by atoms with Crippen LogP contribution in [-0.2, 0) is 9.59 Å². The second-order valence-corrected chi connectivity index (χ2v) is 6.07. The van der Waals surface area contributed by atoms with Gasteiger partial charge in [-0.3, -0.25) is 4.79 Å². The summed E-state index contributed by atoms with van der Waals surface area (Å²) in [5.41, 5.74) is 0. The van der Waals surface area contributed by atoms with Crippen molar-refractivity contribution in [1.82, 2.24) is 5.32 Å². The predicted molar refractivity (Wildman–Crippen MR) is 70.5 cm³/mol. The van der Waals surface area contributed by atoms with Crippen LogP contribution in [0, 0.1) is 17.8 Å². The molecule has 0 aromatic rings. The molecule has 1 aliphatic rings. The molecule has 122 valence electrons. The summed E-state index contributed by atoms with van der Waals surface area (Å²) in [4.78, 5) is 23.2. The lowest BCUT2D eigenvalue weighted by molar-refractivity contribution is -0.198. The second kappa shape index (κ2) is 7.13. The number of carboxylic acid groups (broad SMARTS) is 1. The highest BCUT2D eigenvalue weighted by atomic mass is 19.4. The van der Waals surface area contributed by atoms with Gasteiger partial charge in [-0.2, -0.15) is 13.2 Å². The van der Waals surface area contributed by atoms with Gasteiger partial charge in [-0.25, -0.2) is 4.79 Å². The van der Waals surface area contributed by atoms with Gasteiger partial charge in [0, 0.05) is 5.92 Å². The van der Waals surface area contributed by atoms with Crippen LogP contribution in [0.3, 0.4) is 0 Å². The summed E-state index contributed by atoms with van der Waals surface area (Å²) in [7, 11) is 0. The maximum atomic E-state index is 13.0. The van der Waals surface area contributed by atoms with Crippen LogP contribution in [0.2, 0.25) is 0 Å². The average molecular weight is 309 g/mol. The third-order valence-electron chi connectivity index (χ3n) is 3.84. The van der Waals surface area contributed by atoms with E-state index in [4.69, 9.17) is 5.11 Å². The molecular formula is C14H22F3NO3. The Balaban J connectivity index is 2.77. The number of carbonyl (C=O) groups is 2. The predicted octanol–water partition coefficient (Wildman–Crippen LogP) is 2.97. The summed E-state index contributed by atoms with van der Waals surface area (Å²) in [5, 5.41) is 11.3. The van der Waals surface area contributed by atoms with Gasteiger partial charge in [-0.15, -0.1) is 0 Å². The van der Waals surface area contributed by atoms with E-state index in [2.05, 4.69) is 5.32 Å². The average Bonchev–Trinajstić information content (AvgIpc) is 2.36. The molecule has 0 aromatic heterocycles. The Hall–Kier alpha value is -1.27. The number of rotatable bonds is 5. The van der Waals surface area contributed by atoms with Gasteiger partial charge in [-0.05, 0) is 25.2 Å². The molecular weight excluding hydrogens is 287 g/mol. The molecule has 1 saturated carbocycles. The number of halogens is 3. The number of hydrogen-bond acceptors (Lipinski definition) is 2. The SMILES string of the molecule is CC(C)C[C@H](NC(=O)C1CCCCC1C(F)(F)F)C(=O)O. The van der Waals surface area contributed by atoms with Gasteiger partial charge >= 0.3 is 12.1 Å². The van der Waals surface area contributed by atoms with Crippen molar-refractivity contribution in [1.29, 1.82) is 0 Å². The monoisotopic (exact) mass is 309 g/mol. The molecule has 21 heavy (non-hydrogen) atoms. The fraction of sp³-hybridized carbons (Fsp3) is 0.857. The summed E-state index contributed by atoms with van der Waals surface area (Å²) in [5.74, 6) is -4.81. The van der Waals surface area contributed by atoms with Crippen molar-refractivity contribution in [2.24, 2.45) is 17.8 Å². The number of nitrogens with one attached hydrogen (secondary N) is 1. The van der Waals surface area contributed by atoms with E-state index in [1.807, 2.05) is 0 Å². The zero-order chi connectivity index (χ0) is 16.2. The van der Waals surface area contributed by atoms with Gasteiger partial charge in [0.05, 0.1) is 5.92 Å². The highest BCUT2D eigenvalue weighted by molar-refractivity contribution is 5.85. The van der Waals surface area contributed by atoms with E-state index in [0.717, 1.165) is 0 Å². The molecule has 1 amide bonds. The van der Waals surface area contributed by atoms with Crippen molar-refractivity contribution in [2.45, 2.75) is 58.2 Å². The fourth-order valence-electron chi connectivity index (χ4n) is 2.81. The Kier molecular flexibility index (Phi) is 6.04. The first-order valence-corrected chi connectivity index (χ1v) is 7.22. The third-order valence-corrected chi connectivity index (χ3v) is 3.84. The molecule has 0 aromatic carbocycles. The minimum absolute atomic E-state index is 0.0242. The van der Waals surface area contributed by atoms with Crippen LogP contribution in [0.1, 0.15) is 46.0 Å². The molecule has 0 heterocycles. The molecule has 4 nitrogen and oxygen atoms in total. The normalized spacial score (nSPS) is 24.7. The quantitative estimate of drug-likeness (QED) is 0.820. The van der Waals surface area contributed by atoms with Gasteiger partial charge in [0.1, 0.15) is 6.04 Å². The Labute approximate surface area is 122 Å². The molecule has 1 aliphatic carbocycles. The Bertz CT molecular complexity index is 382. The van der Waals surface area contributed by atoms with Crippen molar-refractivity contribution < 1.29 is 27.9 Å². The van der Waals surface area contributed by atoms with Gasteiger partial charge in [0.25, 0.3) is 0 Å². The summed E-state index contributed by atoms with van der Waals surface area (Å²) in [6.45, 7) is 3.59. The maximum Gasteiger partial charge on any atom is 0.392 e. The van der Waals surface area contributed by atoms with Crippen molar-refractivity contribution in [3.05, 3.63) is 0 Å². The van der Waals surface area contributed by atoms with Crippen molar-refractivity contribution in [3.8, 4) is 0 Å². The molecule has 0 bridgehead atoms. The number of hydrogen-bond donors (Lipinski definition) is 2. The Morgan fingerprint density at radius 1 is 1.24 bits per heavy atom. The van der Waals surface area contributed by atoms with E-state index in [0.29, 0.717) is 12.8 Å². The van der Waals surface area contributed by atoms with Crippen LogP contribution in [0.5, 0.6) is 0 Å². The fourth-order valence-corrected chi connectivity index (χ4v) is 2.81. The topological polar surface area (TPSA) is 66.4 Å². The van der Waals surface area contributed by atoms with Crippen LogP contribution in [0.15, 0.2) is 0 Å². The molecule has 1 rings (SSSR count). The second-order valence-electron chi connectivity index (χ2n) is 6.07. The van der Waals surface area contributed by atoms with Gasteiger partial charge in [-0.1, -0.05) is 26.7 Å². The smallest absolute Gasteiger partial charge is 0.392 e. The Morgan fingerprint density at radius 3 is 2.29 bits per heavy atom. The van der Waals surface area contributed by atoms with Crippen LogP contribution in [0.4, 0.5) is 13.2 Å². The van der Waals surface area contributed by atoms with E-state index >= 15 is 0 Å². The molecule has 0 spiro atoms. The molecule has 2 unspecified atom stereocenters. The lowest BCUT2D eigenvalue weighted by atomic mass is 9.78. The summed E-state index contributed by atoms with van der Waals surface area (Å²) in [6, 6.07) is -1.13. The number of carboxylic acids is 1. The van der Waals surface area contributed by atoms with Gasteiger partial charge in [0.15, 0.2) is 0 Å². The first-order chi connectivity index (χ1) is 9.62. The molecule has 0 radical (unpaired) electrons. The van der Waals surface area contributed by atoms with Crippen LogP contribution in [0.25, 0.3) is 0 Å².